The molecule has 0 aromatic carbocycles. The van der Waals surface area contributed by atoms with Crippen molar-refractivity contribution in [3.8, 4) is 0 Å². The summed E-state index contributed by atoms with van der Waals surface area (Å²) in [5, 5.41) is 12.8. The van der Waals surface area contributed by atoms with Crippen molar-refractivity contribution in [2.24, 2.45) is 0 Å². The van der Waals surface area contributed by atoms with Gasteiger partial charge in [0.2, 0.25) is 0 Å². The predicted molar refractivity (Wildman–Crippen MR) is 72.9 cm³/mol. The van der Waals surface area contributed by atoms with E-state index in [0.29, 0.717) is 25.9 Å². The van der Waals surface area contributed by atoms with Crippen LogP contribution in [0.5, 0.6) is 0 Å². The predicted octanol–water partition coefficient (Wildman–Crippen LogP) is 1.24. The maximum Gasteiger partial charge on any atom is 0.322 e. The minimum absolute atomic E-state index is 0.289. The van der Waals surface area contributed by atoms with Gasteiger partial charge in [0.25, 0.3) is 0 Å². The summed E-state index contributed by atoms with van der Waals surface area (Å²) in [7, 11) is 0. The number of nitrogens with one attached hydrogen (secondary N) is 1. The van der Waals surface area contributed by atoms with Crippen LogP contribution in [0.25, 0.3) is 0 Å². The molecule has 0 aliphatic heterocycles. The molecular weight excluding hydrogens is 246 g/mol. The number of hydrogen-bond donors (Lipinski definition) is 2. The summed E-state index contributed by atoms with van der Waals surface area (Å²) in [6.45, 7) is 4.54. The molecule has 1 fully saturated rings. The summed E-state index contributed by atoms with van der Waals surface area (Å²) in [5.41, 5.74) is 0. The lowest BCUT2D eigenvalue weighted by atomic mass is 9.98. The summed E-state index contributed by atoms with van der Waals surface area (Å²) in [6.07, 6.45) is 5.64. The second-order valence-corrected chi connectivity index (χ2v) is 5.13. The average molecular weight is 273 g/mol. The molecule has 1 saturated carbocycles. The molecule has 1 rings (SSSR count). The van der Waals surface area contributed by atoms with Crippen LogP contribution in [0.4, 0.5) is 0 Å². The van der Waals surface area contributed by atoms with Gasteiger partial charge < -0.3 is 19.9 Å². The SMILES string of the molecule is CCOC(=O)C(C)NCC(O)COC1CCCCC1. The van der Waals surface area contributed by atoms with Gasteiger partial charge in [0.1, 0.15) is 6.04 Å². The zero-order valence-electron chi connectivity index (χ0n) is 12.1. The van der Waals surface area contributed by atoms with Gasteiger partial charge in [-0.3, -0.25) is 4.79 Å². The van der Waals surface area contributed by atoms with Crippen LogP contribution in [0.15, 0.2) is 0 Å². The van der Waals surface area contributed by atoms with Gasteiger partial charge in [-0.05, 0) is 26.7 Å². The molecule has 0 aromatic heterocycles. The lowest BCUT2D eigenvalue weighted by molar-refractivity contribution is -0.145. The summed E-state index contributed by atoms with van der Waals surface area (Å²) >= 11 is 0. The number of ether oxygens (including phenoxy) is 2. The topological polar surface area (TPSA) is 67.8 Å². The fourth-order valence-corrected chi connectivity index (χ4v) is 2.20. The molecule has 5 heteroatoms. The lowest BCUT2D eigenvalue weighted by Gasteiger charge is -2.24. The van der Waals surface area contributed by atoms with Crippen molar-refractivity contribution >= 4 is 5.97 Å². The standard InChI is InChI=1S/C14H27NO4/c1-3-18-14(17)11(2)15-9-12(16)10-19-13-7-5-4-6-8-13/h11-13,15-16H,3-10H2,1-2H3. The highest BCUT2D eigenvalue weighted by molar-refractivity contribution is 5.75. The van der Waals surface area contributed by atoms with Gasteiger partial charge in [-0.15, -0.1) is 0 Å². The number of rotatable bonds is 8. The van der Waals surface area contributed by atoms with E-state index in [0.717, 1.165) is 12.8 Å². The van der Waals surface area contributed by atoms with E-state index >= 15 is 0 Å². The Hall–Kier alpha value is -0.650. The molecule has 19 heavy (non-hydrogen) atoms. The first kappa shape index (κ1) is 16.4. The molecule has 1 aliphatic rings. The van der Waals surface area contributed by atoms with Crippen molar-refractivity contribution in [3.05, 3.63) is 0 Å². The zero-order valence-corrected chi connectivity index (χ0v) is 12.1. The van der Waals surface area contributed by atoms with Crippen molar-refractivity contribution in [3.63, 3.8) is 0 Å². The molecule has 1 aliphatic carbocycles. The van der Waals surface area contributed by atoms with Crippen LogP contribution >= 0.6 is 0 Å². The molecule has 2 atom stereocenters. The Balaban J connectivity index is 2.09. The van der Waals surface area contributed by atoms with E-state index in [1.54, 1.807) is 13.8 Å². The quantitative estimate of drug-likeness (QED) is 0.651. The number of aliphatic hydroxyl groups is 1. The van der Waals surface area contributed by atoms with E-state index in [-0.39, 0.29) is 5.97 Å². The Morgan fingerprint density at radius 3 is 2.68 bits per heavy atom. The number of carbonyl (C=O) groups is 1. The normalized spacial score (nSPS) is 19.9. The monoisotopic (exact) mass is 273 g/mol. The molecule has 0 radical (unpaired) electrons. The van der Waals surface area contributed by atoms with E-state index in [9.17, 15) is 9.90 Å². The fraction of sp³-hybridized carbons (Fsp3) is 0.929. The largest absolute Gasteiger partial charge is 0.465 e. The van der Waals surface area contributed by atoms with Crippen LogP contribution in [0, 0.1) is 0 Å². The van der Waals surface area contributed by atoms with E-state index in [1.807, 2.05) is 0 Å². The third kappa shape index (κ3) is 6.89. The third-order valence-electron chi connectivity index (χ3n) is 3.38. The highest BCUT2D eigenvalue weighted by Gasteiger charge is 2.17. The minimum Gasteiger partial charge on any atom is -0.465 e. The van der Waals surface area contributed by atoms with Crippen molar-refractivity contribution < 1.29 is 19.4 Å². The van der Waals surface area contributed by atoms with Gasteiger partial charge in [0, 0.05) is 6.54 Å². The van der Waals surface area contributed by atoms with Gasteiger partial charge in [-0.1, -0.05) is 19.3 Å². The van der Waals surface area contributed by atoms with Crippen LogP contribution < -0.4 is 5.32 Å². The van der Waals surface area contributed by atoms with Gasteiger partial charge in [0.05, 0.1) is 25.4 Å². The zero-order chi connectivity index (χ0) is 14.1. The summed E-state index contributed by atoms with van der Waals surface area (Å²) < 4.78 is 10.6. The highest BCUT2D eigenvalue weighted by atomic mass is 16.5. The van der Waals surface area contributed by atoms with E-state index < -0.39 is 12.1 Å². The van der Waals surface area contributed by atoms with Gasteiger partial charge in [0.15, 0.2) is 0 Å². The Bertz CT molecular complexity index is 254. The second kappa shape index (κ2) is 9.28. The van der Waals surface area contributed by atoms with Crippen LogP contribution in [0.1, 0.15) is 46.0 Å². The first-order valence-corrected chi connectivity index (χ1v) is 7.33. The molecule has 5 nitrogen and oxygen atoms in total. The van der Waals surface area contributed by atoms with Crippen molar-refractivity contribution in [2.75, 3.05) is 19.8 Å². The molecular formula is C14H27NO4. The number of esters is 1. The van der Waals surface area contributed by atoms with Gasteiger partial charge in [-0.2, -0.15) is 0 Å². The Morgan fingerprint density at radius 2 is 2.05 bits per heavy atom. The van der Waals surface area contributed by atoms with Crippen LogP contribution in [0.2, 0.25) is 0 Å². The van der Waals surface area contributed by atoms with E-state index in [2.05, 4.69) is 5.32 Å². The molecule has 0 saturated heterocycles. The van der Waals surface area contributed by atoms with Crippen LogP contribution in [-0.2, 0) is 14.3 Å². The summed E-state index contributed by atoms with van der Waals surface area (Å²) in [6, 6.07) is -0.399. The minimum atomic E-state index is -0.584. The van der Waals surface area contributed by atoms with Crippen LogP contribution in [0.3, 0.4) is 0 Å². The highest BCUT2D eigenvalue weighted by Crippen LogP contribution is 2.20. The first-order chi connectivity index (χ1) is 9.13. The van der Waals surface area contributed by atoms with Crippen molar-refractivity contribution in [1.82, 2.24) is 5.32 Å². The molecule has 112 valence electrons. The Kier molecular flexibility index (Phi) is 8.02. The fourth-order valence-electron chi connectivity index (χ4n) is 2.20. The third-order valence-corrected chi connectivity index (χ3v) is 3.38. The maximum absolute atomic E-state index is 11.4. The molecule has 2 unspecified atom stereocenters. The number of hydrogen-bond acceptors (Lipinski definition) is 5. The molecule has 0 spiro atoms. The second-order valence-electron chi connectivity index (χ2n) is 5.13. The molecule has 0 heterocycles. The summed E-state index contributed by atoms with van der Waals surface area (Å²) in [5.74, 6) is -0.289. The first-order valence-electron chi connectivity index (χ1n) is 7.33. The molecule has 0 bridgehead atoms. The lowest BCUT2D eigenvalue weighted by Crippen LogP contribution is -2.41. The molecule has 2 N–H and O–H groups in total. The van der Waals surface area contributed by atoms with Crippen molar-refractivity contribution in [2.45, 2.75) is 64.2 Å². The number of carbonyl (C=O) groups excluding carboxylic acids is 1. The smallest absolute Gasteiger partial charge is 0.322 e. The Morgan fingerprint density at radius 1 is 1.37 bits per heavy atom. The van der Waals surface area contributed by atoms with Gasteiger partial charge >= 0.3 is 5.97 Å². The maximum atomic E-state index is 11.4. The Labute approximate surface area is 115 Å². The average Bonchev–Trinajstić information content (AvgIpc) is 2.43. The number of aliphatic hydroxyl groups excluding tert-OH is 1. The molecule has 0 aromatic rings. The van der Waals surface area contributed by atoms with E-state index in [4.69, 9.17) is 9.47 Å². The summed E-state index contributed by atoms with van der Waals surface area (Å²) in [4.78, 5) is 11.4. The van der Waals surface area contributed by atoms with Gasteiger partial charge in [-0.25, -0.2) is 0 Å². The molecule has 0 amide bonds. The van der Waals surface area contributed by atoms with Crippen LogP contribution in [-0.4, -0.2) is 49.1 Å². The van der Waals surface area contributed by atoms with E-state index in [1.165, 1.54) is 19.3 Å². The van der Waals surface area contributed by atoms with Crippen molar-refractivity contribution in [1.29, 1.82) is 0 Å².